The van der Waals surface area contributed by atoms with Crippen molar-refractivity contribution in [1.82, 2.24) is 9.78 Å². The van der Waals surface area contributed by atoms with E-state index in [1.807, 2.05) is 0 Å². The predicted molar refractivity (Wildman–Crippen MR) is 70.1 cm³/mol. The van der Waals surface area contributed by atoms with Gasteiger partial charge in [0.05, 0.1) is 17.9 Å². The second-order valence-electron chi connectivity index (χ2n) is 4.24. The van der Waals surface area contributed by atoms with Crippen LogP contribution in [0.3, 0.4) is 0 Å². The second kappa shape index (κ2) is 4.71. The zero-order chi connectivity index (χ0) is 14.2. The number of aromatic nitrogens is 2. The van der Waals surface area contributed by atoms with Crippen molar-refractivity contribution in [2.75, 3.05) is 4.72 Å². The second-order valence-corrected chi connectivity index (χ2v) is 5.90. The molecule has 0 unspecified atom stereocenters. The third-order valence-corrected chi connectivity index (χ3v) is 4.14. The van der Waals surface area contributed by atoms with Crippen LogP contribution in [0.25, 0.3) is 0 Å². The van der Waals surface area contributed by atoms with Gasteiger partial charge in [-0.3, -0.25) is 9.40 Å². The Morgan fingerprint density at radius 3 is 2.63 bits per heavy atom. The fourth-order valence-electron chi connectivity index (χ4n) is 1.79. The Morgan fingerprint density at radius 2 is 2.16 bits per heavy atom. The smallest absolute Gasteiger partial charge is 0.265 e. The Morgan fingerprint density at radius 1 is 1.47 bits per heavy atom. The maximum Gasteiger partial charge on any atom is 0.265 e. The molecule has 2 aromatic heterocycles. The highest BCUT2D eigenvalue weighted by molar-refractivity contribution is 7.92. The number of hydrogen-bond acceptors (Lipinski definition) is 5. The number of rotatable bonds is 4. The zero-order valence-corrected chi connectivity index (χ0v) is 11.8. The molecule has 0 saturated heterocycles. The largest absolute Gasteiger partial charge is 0.464 e. The van der Waals surface area contributed by atoms with Gasteiger partial charge in [0.1, 0.15) is 16.4 Å². The average molecular weight is 284 g/mol. The van der Waals surface area contributed by atoms with E-state index in [2.05, 4.69) is 9.82 Å². The van der Waals surface area contributed by atoms with E-state index in [1.54, 1.807) is 31.8 Å². The number of hydrogen-bond donors (Lipinski definition) is 2. The number of nitrogens with one attached hydrogen (secondary N) is 1. The molecule has 0 radical (unpaired) electrons. The molecule has 0 aliphatic rings. The van der Waals surface area contributed by atoms with Crippen molar-refractivity contribution in [3.63, 3.8) is 0 Å². The summed E-state index contributed by atoms with van der Waals surface area (Å²) in [5.41, 5.74) is 6.48. The molecule has 3 N–H and O–H groups in total. The van der Waals surface area contributed by atoms with Gasteiger partial charge < -0.3 is 10.2 Å². The molecular weight excluding hydrogens is 268 g/mol. The van der Waals surface area contributed by atoms with Crippen LogP contribution in [0, 0.1) is 13.8 Å². The lowest BCUT2D eigenvalue weighted by atomic mass is 10.4. The van der Waals surface area contributed by atoms with Gasteiger partial charge in [-0.25, -0.2) is 8.42 Å². The van der Waals surface area contributed by atoms with E-state index in [1.165, 1.54) is 6.07 Å². The number of aryl methyl sites for hydroxylation is 3. The van der Waals surface area contributed by atoms with Crippen LogP contribution in [0.4, 0.5) is 5.69 Å². The summed E-state index contributed by atoms with van der Waals surface area (Å²) in [6.45, 7) is 3.47. The molecule has 0 amide bonds. The fraction of sp³-hybridized carbons (Fsp3) is 0.364. The first-order chi connectivity index (χ1) is 8.83. The van der Waals surface area contributed by atoms with Crippen molar-refractivity contribution in [3.8, 4) is 0 Å². The van der Waals surface area contributed by atoms with Crippen molar-refractivity contribution >= 4 is 15.7 Å². The summed E-state index contributed by atoms with van der Waals surface area (Å²) in [5, 5.41) is 4.08. The Bertz CT molecular complexity index is 700. The molecule has 104 valence electrons. The van der Waals surface area contributed by atoms with E-state index in [4.69, 9.17) is 10.2 Å². The average Bonchev–Trinajstić information content (AvgIpc) is 2.82. The molecule has 0 aromatic carbocycles. The van der Waals surface area contributed by atoms with Crippen LogP contribution in [0.1, 0.15) is 17.2 Å². The molecule has 0 aliphatic carbocycles. The van der Waals surface area contributed by atoms with Crippen LogP contribution < -0.4 is 10.5 Å². The van der Waals surface area contributed by atoms with Crippen molar-refractivity contribution in [3.05, 3.63) is 29.5 Å². The van der Waals surface area contributed by atoms with Gasteiger partial charge in [-0.2, -0.15) is 5.10 Å². The number of furan rings is 1. The van der Waals surface area contributed by atoms with E-state index in [9.17, 15) is 8.42 Å². The Balaban J connectivity index is 2.37. The summed E-state index contributed by atoms with van der Waals surface area (Å²) >= 11 is 0. The summed E-state index contributed by atoms with van der Waals surface area (Å²) in [6, 6.07) is 1.43. The maximum absolute atomic E-state index is 12.3. The molecule has 2 rings (SSSR count). The highest BCUT2D eigenvalue weighted by atomic mass is 32.2. The van der Waals surface area contributed by atoms with Gasteiger partial charge in [-0.05, 0) is 13.8 Å². The predicted octanol–water partition coefficient (Wildman–Crippen LogP) is 0.889. The van der Waals surface area contributed by atoms with Crippen molar-refractivity contribution in [1.29, 1.82) is 0 Å². The topological polar surface area (TPSA) is 103 Å². The summed E-state index contributed by atoms with van der Waals surface area (Å²) < 4.78 is 33.8. The Hall–Kier alpha value is -1.80. The normalized spacial score (nSPS) is 11.8. The monoisotopic (exact) mass is 284 g/mol. The van der Waals surface area contributed by atoms with Gasteiger partial charge in [0.2, 0.25) is 0 Å². The molecule has 19 heavy (non-hydrogen) atoms. The third-order valence-electron chi connectivity index (χ3n) is 2.67. The van der Waals surface area contributed by atoms with Gasteiger partial charge in [-0.1, -0.05) is 0 Å². The third kappa shape index (κ3) is 2.64. The van der Waals surface area contributed by atoms with Crippen molar-refractivity contribution in [2.24, 2.45) is 12.8 Å². The lowest BCUT2D eigenvalue weighted by molar-refractivity contribution is 0.479. The molecular formula is C11H16N4O3S. The first kappa shape index (κ1) is 13.6. The molecule has 7 nitrogen and oxygen atoms in total. The minimum atomic E-state index is -3.70. The highest BCUT2D eigenvalue weighted by Gasteiger charge is 2.22. The fourth-order valence-corrected chi connectivity index (χ4v) is 3.10. The molecule has 0 atom stereocenters. The molecule has 2 aromatic rings. The van der Waals surface area contributed by atoms with Gasteiger partial charge in [-0.15, -0.1) is 0 Å². The number of nitrogens with two attached hydrogens (primary N) is 1. The van der Waals surface area contributed by atoms with Crippen LogP contribution in [0.2, 0.25) is 0 Å². The van der Waals surface area contributed by atoms with Gasteiger partial charge in [0, 0.05) is 19.3 Å². The highest BCUT2D eigenvalue weighted by Crippen LogP contribution is 2.23. The van der Waals surface area contributed by atoms with Gasteiger partial charge in [0.15, 0.2) is 0 Å². The van der Waals surface area contributed by atoms with E-state index < -0.39 is 10.0 Å². The van der Waals surface area contributed by atoms with Gasteiger partial charge in [0.25, 0.3) is 10.0 Å². The van der Waals surface area contributed by atoms with Gasteiger partial charge >= 0.3 is 0 Å². The molecule has 0 aliphatic heterocycles. The minimum absolute atomic E-state index is 0.0937. The van der Waals surface area contributed by atoms with Crippen LogP contribution >= 0.6 is 0 Å². The van der Waals surface area contributed by atoms with Crippen LogP contribution in [-0.4, -0.2) is 18.2 Å². The van der Waals surface area contributed by atoms with E-state index >= 15 is 0 Å². The quantitative estimate of drug-likeness (QED) is 0.867. The molecule has 0 saturated carbocycles. The maximum atomic E-state index is 12.3. The number of nitrogens with zero attached hydrogens (tertiary/aromatic N) is 2. The minimum Gasteiger partial charge on any atom is -0.464 e. The molecule has 0 bridgehead atoms. The first-order valence-electron chi connectivity index (χ1n) is 5.66. The SMILES string of the molecule is Cc1nn(C)cc1NS(=O)(=O)c1cc(CN)oc1C. The standard InChI is InChI=1S/C11H16N4O3S/c1-7-10(6-15(3)13-7)14-19(16,17)11-4-9(5-12)18-8(11)2/h4,6,14H,5,12H2,1-3H3. The first-order valence-corrected chi connectivity index (χ1v) is 7.14. The van der Waals surface area contributed by atoms with Crippen molar-refractivity contribution < 1.29 is 12.8 Å². The number of anilines is 1. The lowest BCUT2D eigenvalue weighted by Gasteiger charge is -2.05. The zero-order valence-electron chi connectivity index (χ0n) is 11.0. The Kier molecular flexibility index (Phi) is 3.38. The lowest BCUT2D eigenvalue weighted by Crippen LogP contribution is -2.13. The molecule has 0 fully saturated rings. The van der Waals surface area contributed by atoms with E-state index in [0.717, 1.165) is 0 Å². The van der Waals surface area contributed by atoms with Crippen LogP contribution in [0.15, 0.2) is 21.6 Å². The van der Waals surface area contributed by atoms with Crippen LogP contribution in [0.5, 0.6) is 0 Å². The van der Waals surface area contributed by atoms with Crippen LogP contribution in [-0.2, 0) is 23.6 Å². The molecule has 8 heteroatoms. The molecule has 0 spiro atoms. The summed E-state index contributed by atoms with van der Waals surface area (Å²) in [7, 11) is -1.97. The van der Waals surface area contributed by atoms with Crippen molar-refractivity contribution in [2.45, 2.75) is 25.3 Å². The van der Waals surface area contributed by atoms with E-state index in [0.29, 0.717) is 22.9 Å². The summed E-state index contributed by atoms with van der Waals surface area (Å²) in [6.07, 6.45) is 1.60. The number of sulfonamides is 1. The summed E-state index contributed by atoms with van der Waals surface area (Å²) in [5.74, 6) is 0.746. The van der Waals surface area contributed by atoms with E-state index in [-0.39, 0.29) is 11.4 Å². The summed E-state index contributed by atoms with van der Waals surface area (Å²) in [4.78, 5) is 0.0937. The molecule has 2 heterocycles. The Labute approximate surface area is 111 Å².